The first-order chi connectivity index (χ1) is 13.0. The molecule has 2 amide bonds. The van der Waals surface area contributed by atoms with Crippen molar-refractivity contribution < 1.29 is 9.59 Å². The minimum atomic E-state index is -0.688. The average Bonchev–Trinajstić information content (AvgIpc) is 3.32. The molecule has 0 bridgehead atoms. The highest BCUT2D eigenvalue weighted by Gasteiger charge is 2.26. The van der Waals surface area contributed by atoms with Gasteiger partial charge in [0.05, 0.1) is 6.04 Å². The lowest BCUT2D eigenvalue weighted by Crippen LogP contribution is -2.42. The van der Waals surface area contributed by atoms with Gasteiger partial charge in [0.25, 0.3) is 0 Å². The predicted octanol–water partition coefficient (Wildman–Crippen LogP) is 2.88. The van der Waals surface area contributed by atoms with Crippen LogP contribution < -0.4 is 10.6 Å². The Bertz CT molecular complexity index is 827. The Morgan fingerprint density at radius 1 is 1.15 bits per heavy atom. The number of anilines is 1. The molecule has 0 radical (unpaired) electrons. The third kappa shape index (κ3) is 4.51. The molecule has 1 saturated heterocycles. The van der Waals surface area contributed by atoms with Crippen LogP contribution in [-0.4, -0.2) is 40.9 Å². The minimum Gasteiger partial charge on any atom is -0.353 e. The normalized spacial score (nSPS) is 15.5. The number of amides is 2. The summed E-state index contributed by atoms with van der Waals surface area (Å²) >= 11 is 6.06. The van der Waals surface area contributed by atoms with E-state index >= 15 is 0 Å². The number of aryl methyl sites for hydroxylation is 1. The Labute approximate surface area is 164 Å². The summed E-state index contributed by atoms with van der Waals surface area (Å²) in [7, 11) is 1.99. The van der Waals surface area contributed by atoms with Crippen molar-refractivity contribution >= 4 is 29.1 Å². The van der Waals surface area contributed by atoms with Gasteiger partial charge in [0.15, 0.2) is 0 Å². The number of halogens is 1. The van der Waals surface area contributed by atoms with Crippen LogP contribution in [0.25, 0.3) is 0 Å². The summed E-state index contributed by atoms with van der Waals surface area (Å²) in [5, 5.41) is 5.97. The number of aromatic nitrogens is 1. The predicted molar refractivity (Wildman–Crippen MR) is 107 cm³/mol. The lowest BCUT2D eigenvalue weighted by atomic mass is 10.1. The van der Waals surface area contributed by atoms with E-state index in [0.29, 0.717) is 17.3 Å². The van der Waals surface area contributed by atoms with Crippen LogP contribution in [0.4, 0.5) is 5.69 Å². The Balaban J connectivity index is 1.64. The average molecular weight is 389 g/mol. The molecule has 7 heteroatoms. The number of rotatable bonds is 5. The van der Waals surface area contributed by atoms with Crippen molar-refractivity contribution in [1.29, 1.82) is 0 Å². The maximum atomic E-state index is 12.3. The highest BCUT2D eigenvalue weighted by atomic mass is 35.5. The van der Waals surface area contributed by atoms with Gasteiger partial charge in [-0.2, -0.15) is 0 Å². The largest absolute Gasteiger partial charge is 0.353 e. The quantitative estimate of drug-likeness (QED) is 0.774. The summed E-state index contributed by atoms with van der Waals surface area (Å²) in [6.07, 6.45) is 4.31. The second kappa shape index (κ2) is 8.59. The molecule has 1 aromatic carbocycles. The van der Waals surface area contributed by atoms with Crippen molar-refractivity contribution in [2.24, 2.45) is 7.05 Å². The van der Waals surface area contributed by atoms with Crippen LogP contribution >= 0.6 is 11.6 Å². The van der Waals surface area contributed by atoms with Crippen LogP contribution in [0.15, 0.2) is 36.5 Å². The highest BCUT2D eigenvalue weighted by molar-refractivity contribution is 6.40. The zero-order chi connectivity index (χ0) is 19.4. The first-order valence-electron chi connectivity index (χ1n) is 9.17. The maximum Gasteiger partial charge on any atom is 0.313 e. The smallest absolute Gasteiger partial charge is 0.313 e. The topological polar surface area (TPSA) is 66.4 Å². The molecule has 0 saturated carbocycles. The lowest BCUT2D eigenvalue weighted by molar-refractivity contribution is -0.136. The summed E-state index contributed by atoms with van der Waals surface area (Å²) in [5.41, 5.74) is 2.41. The third-order valence-corrected chi connectivity index (χ3v) is 5.49. The van der Waals surface area contributed by atoms with E-state index < -0.39 is 11.8 Å². The van der Waals surface area contributed by atoms with Gasteiger partial charge >= 0.3 is 11.8 Å². The number of benzene rings is 1. The van der Waals surface area contributed by atoms with E-state index in [4.69, 9.17) is 11.6 Å². The van der Waals surface area contributed by atoms with Crippen molar-refractivity contribution in [2.45, 2.75) is 25.8 Å². The maximum absolute atomic E-state index is 12.3. The summed E-state index contributed by atoms with van der Waals surface area (Å²) in [5.74, 6) is -1.33. The number of carbonyl (C=O) groups is 2. The SMILES string of the molecule is Cc1c(Cl)cccc1NC(=O)C(=O)NCC(c1cccn1C)N1CCCC1. The van der Waals surface area contributed by atoms with Crippen LogP contribution in [0.2, 0.25) is 5.02 Å². The zero-order valence-corrected chi connectivity index (χ0v) is 16.4. The van der Waals surface area contributed by atoms with Crippen LogP contribution in [0.3, 0.4) is 0 Å². The van der Waals surface area contributed by atoms with Crippen molar-refractivity contribution in [3.05, 3.63) is 52.8 Å². The molecular formula is C20H25ClN4O2. The third-order valence-electron chi connectivity index (χ3n) is 5.08. The van der Waals surface area contributed by atoms with Crippen molar-refractivity contribution in [3.8, 4) is 0 Å². The van der Waals surface area contributed by atoms with Crippen LogP contribution in [-0.2, 0) is 16.6 Å². The van der Waals surface area contributed by atoms with Crippen molar-refractivity contribution in [2.75, 3.05) is 25.0 Å². The molecule has 1 aromatic heterocycles. The fourth-order valence-corrected chi connectivity index (χ4v) is 3.66. The number of hydrogen-bond donors (Lipinski definition) is 2. The van der Waals surface area contributed by atoms with Gasteiger partial charge in [0.1, 0.15) is 0 Å². The molecule has 6 nitrogen and oxygen atoms in total. The van der Waals surface area contributed by atoms with E-state index in [9.17, 15) is 9.59 Å². The standard InChI is InChI=1S/C20H25ClN4O2/c1-14-15(21)7-5-8-16(14)23-20(27)19(26)22-13-18(25-11-3-4-12-25)17-9-6-10-24(17)2/h5-10,18H,3-4,11-13H2,1-2H3,(H,22,26)(H,23,27). The van der Waals surface area contributed by atoms with E-state index in [2.05, 4.69) is 26.2 Å². The van der Waals surface area contributed by atoms with E-state index in [0.717, 1.165) is 37.2 Å². The lowest BCUT2D eigenvalue weighted by Gasteiger charge is -2.28. The molecule has 27 heavy (non-hydrogen) atoms. The molecule has 144 valence electrons. The fraction of sp³-hybridized carbons (Fsp3) is 0.400. The number of carbonyl (C=O) groups excluding carboxylic acids is 2. The molecule has 1 unspecified atom stereocenters. The number of nitrogens with zero attached hydrogens (tertiary/aromatic N) is 2. The van der Waals surface area contributed by atoms with Gasteiger partial charge in [-0.3, -0.25) is 14.5 Å². The number of hydrogen-bond acceptors (Lipinski definition) is 3. The van der Waals surface area contributed by atoms with Gasteiger partial charge in [0, 0.05) is 36.2 Å². The molecule has 2 aromatic rings. The van der Waals surface area contributed by atoms with E-state index in [-0.39, 0.29) is 6.04 Å². The van der Waals surface area contributed by atoms with E-state index in [1.807, 2.05) is 19.3 Å². The van der Waals surface area contributed by atoms with E-state index in [1.165, 1.54) is 0 Å². The van der Waals surface area contributed by atoms with Crippen LogP contribution in [0.5, 0.6) is 0 Å². The fourth-order valence-electron chi connectivity index (χ4n) is 3.49. The summed E-state index contributed by atoms with van der Waals surface area (Å²) < 4.78 is 2.06. The van der Waals surface area contributed by atoms with Crippen molar-refractivity contribution in [1.82, 2.24) is 14.8 Å². The minimum absolute atomic E-state index is 0.0529. The molecule has 1 atom stereocenters. The molecule has 2 N–H and O–H groups in total. The second-order valence-corrected chi connectivity index (χ2v) is 7.29. The Morgan fingerprint density at radius 2 is 1.89 bits per heavy atom. The Kier molecular flexibility index (Phi) is 6.19. The highest BCUT2D eigenvalue weighted by Crippen LogP contribution is 2.25. The molecule has 2 heterocycles. The first-order valence-corrected chi connectivity index (χ1v) is 9.54. The molecule has 0 aliphatic carbocycles. The summed E-state index contributed by atoms with van der Waals surface area (Å²) in [6, 6.07) is 9.31. The Hall–Kier alpha value is -2.31. The molecular weight excluding hydrogens is 364 g/mol. The van der Waals surface area contributed by atoms with Gasteiger partial charge in [-0.05, 0) is 62.7 Å². The monoisotopic (exact) mass is 388 g/mol. The molecule has 1 aliphatic rings. The molecule has 3 rings (SSSR count). The van der Waals surface area contributed by atoms with Crippen molar-refractivity contribution in [3.63, 3.8) is 0 Å². The van der Waals surface area contributed by atoms with Gasteiger partial charge < -0.3 is 15.2 Å². The Morgan fingerprint density at radius 3 is 2.56 bits per heavy atom. The van der Waals surface area contributed by atoms with Gasteiger partial charge in [0.2, 0.25) is 0 Å². The van der Waals surface area contributed by atoms with Gasteiger partial charge in [-0.1, -0.05) is 17.7 Å². The molecule has 0 spiro atoms. The van der Waals surface area contributed by atoms with Crippen LogP contribution in [0.1, 0.15) is 30.1 Å². The number of nitrogens with one attached hydrogen (secondary N) is 2. The molecule has 1 aliphatic heterocycles. The van der Waals surface area contributed by atoms with Gasteiger partial charge in [-0.25, -0.2) is 0 Å². The van der Waals surface area contributed by atoms with E-state index in [1.54, 1.807) is 25.1 Å². The second-order valence-electron chi connectivity index (χ2n) is 6.88. The van der Waals surface area contributed by atoms with Crippen LogP contribution in [0, 0.1) is 6.92 Å². The zero-order valence-electron chi connectivity index (χ0n) is 15.7. The molecule has 1 fully saturated rings. The number of likely N-dealkylation sites (tertiary alicyclic amines) is 1. The summed E-state index contributed by atoms with van der Waals surface area (Å²) in [6.45, 7) is 4.19. The summed E-state index contributed by atoms with van der Waals surface area (Å²) in [4.78, 5) is 27.0. The first kappa shape index (κ1) is 19.5. The van der Waals surface area contributed by atoms with Gasteiger partial charge in [-0.15, -0.1) is 0 Å².